The minimum absolute atomic E-state index is 0.0134. The van der Waals surface area contributed by atoms with Crippen molar-refractivity contribution in [3.8, 4) is 6.07 Å². The van der Waals surface area contributed by atoms with E-state index in [9.17, 15) is 4.79 Å². The van der Waals surface area contributed by atoms with Gasteiger partial charge in [-0.05, 0) is 38.5 Å². The first-order valence-electron chi connectivity index (χ1n) is 5.41. The number of nitrogens with zero attached hydrogens (tertiary/aromatic N) is 2. The standard InChI is InChI=1S/C13H15ClN2O/c1-9(2)16(7-6-15)13(17)12-8-11(14)5-4-10(12)3/h4-5,8-9H,7H2,1-3H3. The molecule has 1 amide bonds. The molecule has 0 aliphatic rings. The molecule has 3 nitrogen and oxygen atoms in total. The number of benzene rings is 1. The van der Waals surface area contributed by atoms with E-state index in [1.54, 1.807) is 18.2 Å². The number of rotatable bonds is 3. The van der Waals surface area contributed by atoms with Crippen molar-refractivity contribution in [3.05, 3.63) is 34.3 Å². The Labute approximate surface area is 107 Å². The highest BCUT2D eigenvalue weighted by Crippen LogP contribution is 2.18. The van der Waals surface area contributed by atoms with Gasteiger partial charge in [-0.1, -0.05) is 17.7 Å². The summed E-state index contributed by atoms with van der Waals surface area (Å²) in [7, 11) is 0. The lowest BCUT2D eigenvalue weighted by atomic mass is 10.1. The Morgan fingerprint density at radius 2 is 2.18 bits per heavy atom. The molecule has 0 saturated heterocycles. The monoisotopic (exact) mass is 250 g/mol. The molecule has 0 spiro atoms. The van der Waals surface area contributed by atoms with Crippen LogP contribution in [0.3, 0.4) is 0 Å². The molecule has 90 valence electrons. The van der Waals surface area contributed by atoms with Gasteiger partial charge in [-0.2, -0.15) is 5.26 Å². The summed E-state index contributed by atoms with van der Waals surface area (Å²) in [5.74, 6) is -0.151. The Bertz CT molecular complexity index is 463. The molecule has 0 bridgehead atoms. The van der Waals surface area contributed by atoms with E-state index in [0.29, 0.717) is 10.6 Å². The number of carbonyl (C=O) groups excluding carboxylic acids is 1. The van der Waals surface area contributed by atoms with Crippen LogP contribution >= 0.6 is 11.6 Å². The van der Waals surface area contributed by atoms with Crippen LogP contribution in [0.5, 0.6) is 0 Å². The Balaban J connectivity index is 3.10. The second kappa shape index (κ2) is 5.70. The molecule has 0 aromatic heterocycles. The molecule has 1 aromatic rings. The molecule has 17 heavy (non-hydrogen) atoms. The molecule has 1 aromatic carbocycles. The van der Waals surface area contributed by atoms with E-state index in [1.807, 2.05) is 26.8 Å². The molecule has 0 saturated carbocycles. The van der Waals surface area contributed by atoms with Gasteiger partial charge in [-0.15, -0.1) is 0 Å². The molecule has 0 aliphatic carbocycles. The van der Waals surface area contributed by atoms with E-state index >= 15 is 0 Å². The summed E-state index contributed by atoms with van der Waals surface area (Å²) in [5.41, 5.74) is 1.42. The first kappa shape index (κ1) is 13.5. The maximum absolute atomic E-state index is 12.3. The maximum Gasteiger partial charge on any atom is 0.255 e. The van der Waals surface area contributed by atoms with Gasteiger partial charge in [0.05, 0.1) is 6.07 Å². The van der Waals surface area contributed by atoms with Crippen molar-refractivity contribution in [1.82, 2.24) is 4.90 Å². The highest BCUT2D eigenvalue weighted by atomic mass is 35.5. The fraction of sp³-hybridized carbons (Fsp3) is 0.385. The van der Waals surface area contributed by atoms with Crippen molar-refractivity contribution >= 4 is 17.5 Å². The summed E-state index contributed by atoms with van der Waals surface area (Å²) in [4.78, 5) is 13.8. The van der Waals surface area contributed by atoms with Gasteiger partial charge in [0.25, 0.3) is 5.91 Å². The van der Waals surface area contributed by atoms with Crippen LogP contribution in [-0.2, 0) is 0 Å². The molecule has 0 fully saturated rings. The topological polar surface area (TPSA) is 44.1 Å². The zero-order valence-electron chi connectivity index (χ0n) is 10.2. The van der Waals surface area contributed by atoms with Crippen molar-refractivity contribution in [3.63, 3.8) is 0 Å². The summed E-state index contributed by atoms with van der Waals surface area (Å²) >= 11 is 5.89. The molecule has 0 radical (unpaired) electrons. The average Bonchev–Trinajstić information content (AvgIpc) is 2.28. The normalized spacial score (nSPS) is 10.1. The third-order valence-electron chi connectivity index (χ3n) is 2.56. The van der Waals surface area contributed by atoms with Gasteiger partial charge in [0, 0.05) is 16.6 Å². The van der Waals surface area contributed by atoms with Crippen LogP contribution in [-0.4, -0.2) is 23.4 Å². The van der Waals surface area contributed by atoms with Gasteiger partial charge in [0.15, 0.2) is 0 Å². The van der Waals surface area contributed by atoms with Gasteiger partial charge in [0.2, 0.25) is 0 Å². The fourth-order valence-electron chi connectivity index (χ4n) is 1.54. The van der Waals surface area contributed by atoms with Gasteiger partial charge in [0.1, 0.15) is 6.54 Å². The zero-order valence-corrected chi connectivity index (χ0v) is 11.0. The Hall–Kier alpha value is -1.53. The molecule has 0 aliphatic heterocycles. The minimum Gasteiger partial charge on any atom is -0.323 e. The van der Waals surface area contributed by atoms with Gasteiger partial charge in [-0.3, -0.25) is 4.79 Å². The van der Waals surface area contributed by atoms with Gasteiger partial charge >= 0.3 is 0 Å². The van der Waals surface area contributed by atoms with Crippen molar-refractivity contribution in [2.24, 2.45) is 0 Å². The van der Waals surface area contributed by atoms with Crippen molar-refractivity contribution in [1.29, 1.82) is 5.26 Å². The van der Waals surface area contributed by atoms with Crippen LogP contribution in [0.4, 0.5) is 0 Å². The van der Waals surface area contributed by atoms with E-state index < -0.39 is 0 Å². The highest BCUT2D eigenvalue weighted by Gasteiger charge is 2.20. The van der Waals surface area contributed by atoms with Crippen molar-refractivity contribution in [2.45, 2.75) is 26.8 Å². The largest absolute Gasteiger partial charge is 0.323 e. The number of nitriles is 1. The van der Waals surface area contributed by atoms with E-state index in [-0.39, 0.29) is 18.5 Å². The van der Waals surface area contributed by atoms with Crippen LogP contribution in [0, 0.1) is 18.3 Å². The third kappa shape index (κ3) is 3.21. The van der Waals surface area contributed by atoms with Crippen molar-refractivity contribution < 1.29 is 4.79 Å². The zero-order chi connectivity index (χ0) is 13.0. The first-order valence-corrected chi connectivity index (χ1v) is 5.79. The van der Waals surface area contributed by atoms with Crippen molar-refractivity contribution in [2.75, 3.05) is 6.54 Å². The molecule has 0 N–H and O–H groups in total. The second-order valence-corrected chi connectivity index (χ2v) is 4.58. The number of carbonyl (C=O) groups is 1. The molecular formula is C13H15ClN2O. The molecule has 0 unspecified atom stereocenters. The number of halogens is 1. The van der Waals surface area contributed by atoms with Crippen LogP contribution in [0.25, 0.3) is 0 Å². The van der Waals surface area contributed by atoms with Gasteiger partial charge in [-0.25, -0.2) is 0 Å². The number of amides is 1. The van der Waals surface area contributed by atoms with Crippen LogP contribution < -0.4 is 0 Å². The smallest absolute Gasteiger partial charge is 0.255 e. The van der Waals surface area contributed by atoms with Gasteiger partial charge < -0.3 is 4.90 Å². The predicted octanol–water partition coefficient (Wildman–Crippen LogP) is 3.02. The Morgan fingerprint density at radius 3 is 2.71 bits per heavy atom. The van der Waals surface area contributed by atoms with Crippen LogP contribution in [0.15, 0.2) is 18.2 Å². The summed E-state index contributed by atoms with van der Waals surface area (Å²) in [6.07, 6.45) is 0. The lowest BCUT2D eigenvalue weighted by Crippen LogP contribution is -2.37. The van der Waals surface area contributed by atoms with Crippen LogP contribution in [0.2, 0.25) is 5.02 Å². The van der Waals surface area contributed by atoms with E-state index in [1.165, 1.54) is 4.90 Å². The minimum atomic E-state index is -0.151. The fourth-order valence-corrected chi connectivity index (χ4v) is 1.72. The Kier molecular flexibility index (Phi) is 4.53. The van der Waals surface area contributed by atoms with Crippen LogP contribution in [0.1, 0.15) is 29.8 Å². The van der Waals surface area contributed by atoms with E-state index in [4.69, 9.17) is 16.9 Å². The predicted molar refractivity (Wildman–Crippen MR) is 68.0 cm³/mol. The molecule has 0 heterocycles. The number of hydrogen-bond acceptors (Lipinski definition) is 2. The molecule has 1 rings (SSSR count). The summed E-state index contributed by atoms with van der Waals surface area (Å²) in [6.45, 7) is 5.71. The second-order valence-electron chi connectivity index (χ2n) is 4.14. The van der Waals surface area contributed by atoms with E-state index in [0.717, 1.165) is 5.56 Å². The Morgan fingerprint density at radius 1 is 1.53 bits per heavy atom. The maximum atomic E-state index is 12.3. The highest BCUT2D eigenvalue weighted by molar-refractivity contribution is 6.31. The lowest BCUT2D eigenvalue weighted by Gasteiger charge is -2.24. The number of hydrogen-bond donors (Lipinski definition) is 0. The quantitative estimate of drug-likeness (QED) is 0.774. The lowest BCUT2D eigenvalue weighted by molar-refractivity contribution is 0.0730. The molecular weight excluding hydrogens is 236 g/mol. The molecule has 0 atom stereocenters. The third-order valence-corrected chi connectivity index (χ3v) is 2.79. The average molecular weight is 251 g/mol. The summed E-state index contributed by atoms with van der Waals surface area (Å²) in [6, 6.07) is 7.19. The number of aryl methyl sites for hydroxylation is 1. The SMILES string of the molecule is Cc1ccc(Cl)cc1C(=O)N(CC#N)C(C)C. The summed E-state index contributed by atoms with van der Waals surface area (Å²) in [5, 5.41) is 9.26. The first-order chi connectivity index (χ1) is 7.97. The summed E-state index contributed by atoms with van der Waals surface area (Å²) < 4.78 is 0. The molecule has 4 heteroatoms. The van der Waals surface area contributed by atoms with E-state index in [2.05, 4.69) is 0 Å².